The van der Waals surface area contributed by atoms with Gasteiger partial charge in [-0.1, -0.05) is 35.3 Å². The van der Waals surface area contributed by atoms with Crippen molar-refractivity contribution in [3.63, 3.8) is 0 Å². The van der Waals surface area contributed by atoms with Crippen LogP contribution in [-0.2, 0) is 19.6 Å². The number of hydrogen-bond donors (Lipinski definition) is 2. The van der Waals surface area contributed by atoms with Crippen LogP contribution in [0.1, 0.15) is 28.9 Å². The summed E-state index contributed by atoms with van der Waals surface area (Å²) in [6, 6.07) is 9.78. The maximum Gasteiger partial charge on any atom is 0.338 e. The van der Waals surface area contributed by atoms with E-state index in [4.69, 9.17) is 27.9 Å². The van der Waals surface area contributed by atoms with Crippen molar-refractivity contribution in [2.24, 2.45) is 0 Å². The molecule has 1 atom stereocenters. The fourth-order valence-corrected chi connectivity index (χ4v) is 3.68. The number of nitrogens with one attached hydrogen (secondary N) is 2. The molecule has 0 aliphatic heterocycles. The maximum atomic E-state index is 12.1. The van der Waals surface area contributed by atoms with Gasteiger partial charge in [-0.2, -0.15) is 0 Å². The van der Waals surface area contributed by atoms with Gasteiger partial charge in [0, 0.05) is 10.0 Å². The van der Waals surface area contributed by atoms with E-state index < -0.39 is 34.5 Å². The third-order valence-electron chi connectivity index (χ3n) is 3.79. The van der Waals surface area contributed by atoms with Crippen molar-refractivity contribution < 1.29 is 22.7 Å². The predicted octanol–water partition coefficient (Wildman–Crippen LogP) is 2.94. The molecule has 0 spiro atoms. The summed E-state index contributed by atoms with van der Waals surface area (Å²) in [4.78, 5) is 24.1. The monoisotopic (exact) mass is 444 g/mol. The molecule has 0 saturated carbocycles. The Morgan fingerprint density at radius 3 is 2.50 bits per heavy atom. The van der Waals surface area contributed by atoms with E-state index >= 15 is 0 Å². The number of halogens is 2. The van der Waals surface area contributed by atoms with Crippen LogP contribution >= 0.6 is 23.2 Å². The largest absolute Gasteiger partial charge is 0.452 e. The van der Waals surface area contributed by atoms with Gasteiger partial charge in [0.1, 0.15) is 0 Å². The molecule has 0 unspecified atom stereocenters. The van der Waals surface area contributed by atoms with Crippen molar-refractivity contribution in [1.82, 2.24) is 10.0 Å². The Morgan fingerprint density at radius 2 is 1.86 bits per heavy atom. The average Bonchev–Trinajstić information content (AvgIpc) is 2.66. The molecule has 10 heteroatoms. The Morgan fingerprint density at radius 1 is 1.14 bits per heavy atom. The Balaban J connectivity index is 1.97. The number of sulfonamides is 1. The van der Waals surface area contributed by atoms with Crippen molar-refractivity contribution in [2.45, 2.75) is 17.9 Å². The number of ether oxygens (including phenoxy) is 1. The number of carbonyl (C=O) groups excluding carboxylic acids is 2. The molecule has 0 bridgehead atoms. The first kappa shape index (κ1) is 22.2. The molecule has 0 aliphatic carbocycles. The van der Waals surface area contributed by atoms with Crippen molar-refractivity contribution >= 4 is 45.1 Å². The summed E-state index contributed by atoms with van der Waals surface area (Å²) in [5.74, 6) is -1.36. The Labute approximate surface area is 173 Å². The average molecular weight is 445 g/mol. The van der Waals surface area contributed by atoms with Gasteiger partial charge < -0.3 is 10.1 Å². The minimum atomic E-state index is -3.70. The fraction of sp³-hybridized carbons (Fsp3) is 0.222. The highest BCUT2D eigenvalue weighted by atomic mass is 35.5. The third-order valence-corrected chi connectivity index (χ3v) is 5.76. The van der Waals surface area contributed by atoms with E-state index in [-0.39, 0.29) is 10.5 Å². The second-order valence-electron chi connectivity index (χ2n) is 5.77. The van der Waals surface area contributed by atoms with Crippen LogP contribution in [0.3, 0.4) is 0 Å². The summed E-state index contributed by atoms with van der Waals surface area (Å²) in [5, 5.41) is 3.54. The summed E-state index contributed by atoms with van der Waals surface area (Å²) < 4.78 is 30.7. The number of benzene rings is 2. The lowest BCUT2D eigenvalue weighted by Gasteiger charge is -2.16. The molecule has 2 aromatic rings. The van der Waals surface area contributed by atoms with Gasteiger partial charge in [-0.15, -0.1) is 0 Å². The van der Waals surface area contributed by atoms with E-state index in [1.54, 1.807) is 25.1 Å². The van der Waals surface area contributed by atoms with E-state index in [0.29, 0.717) is 15.6 Å². The van der Waals surface area contributed by atoms with Crippen LogP contribution in [-0.4, -0.2) is 33.9 Å². The second kappa shape index (κ2) is 9.38. The molecule has 1 amide bonds. The topological polar surface area (TPSA) is 102 Å². The van der Waals surface area contributed by atoms with Gasteiger partial charge in [0.05, 0.1) is 16.5 Å². The van der Waals surface area contributed by atoms with E-state index in [0.717, 1.165) is 0 Å². The van der Waals surface area contributed by atoms with Crippen molar-refractivity contribution in [3.05, 3.63) is 63.6 Å². The highest BCUT2D eigenvalue weighted by molar-refractivity contribution is 7.89. The molecule has 0 heterocycles. The maximum absolute atomic E-state index is 12.1. The van der Waals surface area contributed by atoms with Crippen LogP contribution in [0.2, 0.25) is 10.0 Å². The van der Waals surface area contributed by atoms with Crippen molar-refractivity contribution in [3.8, 4) is 0 Å². The highest BCUT2D eigenvalue weighted by Crippen LogP contribution is 2.26. The zero-order valence-corrected chi connectivity index (χ0v) is 17.4. The third kappa shape index (κ3) is 5.68. The SMILES string of the molecule is CNS(=O)(=O)c1cccc(C(=O)OCC(=O)N[C@@H](C)c2ccc(Cl)cc2Cl)c1. The summed E-state index contributed by atoms with van der Waals surface area (Å²) >= 11 is 12.0. The minimum Gasteiger partial charge on any atom is -0.452 e. The van der Waals surface area contributed by atoms with Crippen molar-refractivity contribution in [1.29, 1.82) is 0 Å². The number of carbonyl (C=O) groups is 2. The van der Waals surface area contributed by atoms with Gasteiger partial charge in [-0.3, -0.25) is 4.79 Å². The van der Waals surface area contributed by atoms with E-state index in [1.165, 1.54) is 31.3 Å². The van der Waals surface area contributed by atoms with Crippen LogP contribution in [0.5, 0.6) is 0 Å². The van der Waals surface area contributed by atoms with E-state index in [1.807, 2.05) is 0 Å². The molecule has 2 N–H and O–H groups in total. The van der Waals surface area contributed by atoms with Crippen LogP contribution in [0.15, 0.2) is 47.4 Å². The van der Waals surface area contributed by atoms with Gasteiger partial charge in [-0.05, 0) is 49.9 Å². The summed E-state index contributed by atoms with van der Waals surface area (Å²) in [6.45, 7) is 1.19. The number of amides is 1. The van der Waals surface area contributed by atoms with Crippen molar-refractivity contribution in [2.75, 3.05) is 13.7 Å². The molecule has 7 nitrogen and oxygen atoms in total. The summed E-state index contributed by atoms with van der Waals surface area (Å²) in [7, 11) is -2.44. The van der Waals surface area contributed by atoms with Gasteiger partial charge in [0.15, 0.2) is 6.61 Å². The molecule has 28 heavy (non-hydrogen) atoms. The smallest absolute Gasteiger partial charge is 0.338 e. The van der Waals surface area contributed by atoms with Crippen LogP contribution < -0.4 is 10.0 Å². The zero-order chi connectivity index (χ0) is 20.9. The van der Waals surface area contributed by atoms with Gasteiger partial charge in [0.2, 0.25) is 10.0 Å². The summed E-state index contributed by atoms with van der Waals surface area (Å²) in [6.07, 6.45) is 0. The molecule has 150 valence electrons. The molecule has 0 aliphatic rings. The molecule has 0 saturated heterocycles. The van der Waals surface area contributed by atoms with Crippen LogP contribution in [0.4, 0.5) is 0 Å². The minimum absolute atomic E-state index is 0.0120. The molecular formula is C18H18Cl2N2O5S. The van der Waals surface area contributed by atoms with Gasteiger partial charge >= 0.3 is 5.97 Å². The fourth-order valence-electron chi connectivity index (χ4n) is 2.34. The Hall–Kier alpha value is -2.13. The van der Waals surface area contributed by atoms with Crippen LogP contribution in [0, 0.1) is 0 Å². The predicted molar refractivity (Wildman–Crippen MR) is 106 cm³/mol. The first-order valence-electron chi connectivity index (χ1n) is 8.09. The van der Waals surface area contributed by atoms with Crippen LogP contribution in [0.25, 0.3) is 0 Å². The van der Waals surface area contributed by atoms with E-state index in [2.05, 4.69) is 10.0 Å². The number of rotatable bonds is 7. The summed E-state index contributed by atoms with van der Waals surface area (Å²) in [5.41, 5.74) is 0.675. The lowest BCUT2D eigenvalue weighted by Crippen LogP contribution is -2.31. The molecule has 0 radical (unpaired) electrons. The lowest BCUT2D eigenvalue weighted by atomic mass is 10.1. The molecule has 0 fully saturated rings. The number of esters is 1. The standard InChI is InChI=1S/C18H18Cl2N2O5S/c1-11(15-7-6-13(19)9-16(15)20)22-17(23)10-27-18(24)12-4-3-5-14(8-12)28(25,26)21-2/h3-9,11,21H,10H2,1-2H3,(H,22,23)/t11-/m0/s1. The zero-order valence-electron chi connectivity index (χ0n) is 15.0. The quantitative estimate of drug-likeness (QED) is 0.639. The highest BCUT2D eigenvalue weighted by Gasteiger charge is 2.17. The number of hydrogen-bond acceptors (Lipinski definition) is 5. The normalized spacial score (nSPS) is 12.3. The van der Waals surface area contributed by atoms with Gasteiger partial charge in [-0.25, -0.2) is 17.9 Å². The van der Waals surface area contributed by atoms with E-state index in [9.17, 15) is 18.0 Å². The second-order valence-corrected chi connectivity index (χ2v) is 8.50. The van der Waals surface area contributed by atoms with Gasteiger partial charge in [0.25, 0.3) is 5.91 Å². The molecule has 2 rings (SSSR count). The lowest BCUT2D eigenvalue weighted by molar-refractivity contribution is -0.124. The first-order valence-corrected chi connectivity index (χ1v) is 10.3. The molecular weight excluding hydrogens is 427 g/mol. The Kier molecular flexibility index (Phi) is 7.42. The first-order chi connectivity index (χ1) is 13.1. The molecule has 0 aromatic heterocycles. The Bertz CT molecular complexity index is 995. The molecule has 2 aromatic carbocycles.